The number of hydrogen-bond acceptors (Lipinski definition) is 3. The van der Waals surface area contributed by atoms with E-state index in [2.05, 4.69) is 10.6 Å². The van der Waals surface area contributed by atoms with Gasteiger partial charge in [-0.3, -0.25) is 9.59 Å². The molecule has 0 aromatic rings. The van der Waals surface area contributed by atoms with Crippen molar-refractivity contribution < 1.29 is 14.7 Å². The quantitative estimate of drug-likeness (QED) is 0.659. The standard InChI is InChI=1S/C12H22N2O3/c1-3-8(4-2)11(15)14-10-5-9(12(16)17)6-13-7-10/h8-10,13H,3-7H2,1-2H3,(H,14,15)(H,16,17). The van der Waals surface area contributed by atoms with E-state index < -0.39 is 11.9 Å². The van der Waals surface area contributed by atoms with Gasteiger partial charge in [0.05, 0.1) is 5.92 Å². The summed E-state index contributed by atoms with van der Waals surface area (Å²) in [7, 11) is 0. The number of amides is 1. The van der Waals surface area contributed by atoms with Crippen LogP contribution in [0.25, 0.3) is 0 Å². The molecule has 2 unspecified atom stereocenters. The summed E-state index contributed by atoms with van der Waals surface area (Å²) in [5.41, 5.74) is 0. The zero-order valence-electron chi connectivity index (χ0n) is 10.5. The van der Waals surface area contributed by atoms with Gasteiger partial charge in [0.15, 0.2) is 0 Å². The maximum absolute atomic E-state index is 11.9. The first kappa shape index (κ1) is 14.0. The maximum atomic E-state index is 11.9. The maximum Gasteiger partial charge on any atom is 0.307 e. The molecule has 0 spiro atoms. The molecule has 0 aromatic heterocycles. The van der Waals surface area contributed by atoms with E-state index >= 15 is 0 Å². The molecule has 17 heavy (non-hydrogen) atoms. The van der Waals surface area contributed by atoms with Gasteiger partial charge >= 0.3 is 5.97 Å². The predicted molar refractivity (Wildman–Crippen MR) is 64.6 cm³/mol. The second kappa shape index (κ2) is 6.59. The molecule has 2 atom stereocenters. The predicted octanol–water partition coefficient (Wildman–Crippen LogP) is 0.601. The van der Waals surface area contributed by atoms with E-state index in [9.17, 15) is 9.59 Å². The minimum absolute atomic E-state index is 0.0419. The van der Waals surface area contributed by atoms with E-state index in [1.165, 1.54) is 0 Å². The number of rotatable bonds is 5. The van der Waals surface area contributed by atoms with Crippen molar-refractivity contribution in [3.05, 3.63) is 0 Å². The number of aliphatic carboxylic acids is 1. The second-order valence-corrected chi connectivity index (χ2v) is 4.65. The van der Waals surface area contributed by atoms with Crippen molar-refractivity contribution in [2.75, 3.05) is 13.1 Å². The molecular formula is C12H22N2O3. The lowest BCUT2D eigenvalue weighted by Gasteiger charge is -2.29. The molecule has 98 valence electrons. The van der Waals surface area contributed by atoms with Crippen LogP contribution in [-0.4, -0.2) is 36.1 Å². The summed E-state index contributed by atoms with van der Waals surface area (Å²) >= 11 is 0. The number of piperidine rings is 1. The topological polar surface area (TPSA) is 78.4 Å². The van der Waals surface area contributed by atoms with Crippen molar-refractivity contribution in [3.8, 4) is 0 Å². The summed E-state index contributed by atoms with van der Waals surface area (Å²) < 4.78 is 0. The van der Waals surface area contributed by atoms with E-state index in [1.807, 2.05) is 13.8 Å². The van der Waals surface area contributed by atoms with E-state index in [0.717, 1.165) is 12.8 Å². The van der Waals surface area contributed by atoms with Gasteiger partial charge < -0.3 is 15.7 Å². The van der Waals surface area contributed by atoms with Gasteiger partial charge in [-0.2, -0.15) is 0 Å². The molecule has 0 aromatic carbocycles. The Morgan fingerprint density at radius 2 is 2.00 bits per heavy atom. The van der Waals surface area contributed by atoms with Gasteiger partial charge in [-0.1, -0.05) is 13.8 Å². The van der Waals surface area contributed by atoms with Gasteiger partial charge in [-0.05, 0) is 19.3 Å². The Bertz CT molecular complexity index is 277. The van der Waals surface area contributed by atoms with Crippen molar-refractivity contribution in [1.82, 2.24) is 10.6 Å². The van der Waals surface area contributed by atoms with E-state index in [1.54, 1.807) is 0 Å². The third kappa shape index (κ3) is 4.00. The van der Waals surface area contributed by atoms with Crippen molar-refractivity contribution in [1.29, 1.82) is 0 Å². The first-order valence-electron chi connectivity index (χ1n) is 6.32. The fourth-order valence-electron chi connectivity index (χ4n) is 2.22. The first-order chi connectivity index (χ1) is 8.08. The summed E-state index contributed by atoms with van der Waals surface area (Å²) in [5.74, 6) is -1.09. The van der Waals surface area contributed by atoms with Gasteiger partial charge in [0.1, 0.15) is 0 Å². The van der Waals surface area contributed by atoms with Crippen molar-refractivity contribution >= 4 is 11.9 Å². The van der Waals surface area contributed by atoms with Crippen LogP contribution >= 0.6 is 0 Å². The van der Waals surface area contributed by atoms with Crippen LogP contribution in [0, 0.1) is 11.8 Å². The lowest BCUT2D eigenvalue weighted by molar-refractivity contribution is -0.143. The molecule has 1 saturated heterocycles. The summed E-state index contributed by atoms with van der Waals surface area (Å²) in [6.07, 6.45) is 2.17. The summed E-state index contributed by atoms with van der Waals surface area (Å²) in [6.45, 7) is 5.14. The molecule has 5 heteroatoms. The molecule has 0 saturated carbocycles. The zero-order valence-corrected chi connectivity index (χ0v) is 10.5. The highest BCUT2D eigenvalue weighted by Gasteiger charge is 2.28. The Balaban J connectivity index is 2.45. The molecule has 3 N–H and O–H groups in total. The smallest absolute Gasteiger partial charge is 0.307 e. The highest BCUT2D eigenvalue weighted by atomic mass is 16.4. The van der Waals surface area contributed by atoms with Crippen LogP contribution < -0.4 is 10.6 Å². The van der Waals surface area contributed by atoms with Crippen LogP contribution in [0.3, 0.4) is 0 Å². The Labute approximate surface area is 102 Å². The lowest BCUT2D eigenvalue weighted by Crippen LogP contribution is -2.51. The summed E-state index contributed by atoms with van der Waals surface area (Å²) in [4.78, 5) is 22.7. The van der Waals surface area contributed by atoms with Crippen molar-refractivity contribution in [2.24, 2.45) is 11.8 Å². The largest absolute Gasteiger partial charge is 0.481 e. The molecule has 0 bridgehead atoms. The van der Waals surface area contributed by atoms with Crippen LogP contribution in [-0.2, 0) is 9.59 Å². The minimum Gasteiger partial charge on any atom is -0.481 e. The number of carboxylic acid groups (broad SMARTS) is 1. The van der Waals surface area contributed by atoms with Crippen LogP contribution in [0.4, 0.5) is 0 Å². The van der Waals surface area contributed by atoms with Crippen molar-refractivity contribution in [2.45, 2.75) is 39.2 Å². The highest BCUT2D eigenvalue weighted by Crippen LogP contribution is 2.13. The molecule has 1 aliphatic heterocycles. The molecule has 1 heterocycles. The van der Waals surface area contributed by atoms with Crippen molar-refractivity contribution in [3.63, 3.8) is 0 Å². The molecular weight excluding hydrogens is 220 g/mol. The van der Waals surface area contributed by atoms with E-state index in [4.69, 9.17) is 5.11 Å². The fourth-order valence-corrected chi connectivity index (χ4v) is 2.22. The summed E-state index contributed by atoms with van der Waals surface area (Å²) in [6, 6.07) is -0.0575. The number of carbonyl (C=O) groups is 2. The fraction of sp³-hybridized carbons (Fsp3) is 0.833. The Morgan fingerprint density at radius 3 is 2.53 bits per heavy atom. The van der Waals surface area contributed by atoms with Crippen LogP contribution in [0.15, 0.2) is 0 Å². The van der Waals surface area contributed by atoms with Gasteiger partial charge in [0.2, 0.25) is 5.91 Å². The van der Waals surface area contributed by atoms with Gasteiger partial charge in [-0.15, -0.1) is 0 Å². The minimum atomic E-state index is -0.793. The van der Waals surface area contributed by atoms with Crippen LogP contribution in [0.2, 0.25) is 0 Å². The first-order valence-corrected chi connectivity index (χ1v) is 6.32. The highest BCUT2D eigenvalue weighted by molar-refractivity contribution is 5.79. The number of carbonyl (C=O) groups excluding carboxylic acids is 1. The third-order valence-corrected chi connectivity index (χ3v) is 3.40. The Morgan fingerprint density at radius 1 is 1.35 bits per heavy atom. The van der Waals surface area contributed by atoms with Crippen LogP contribution in [0.5, 0.6) is 0 Å². The Hall–Kier alpha value is -1.10. The number of carboxylic acids is 1. The number of nitrogens with one attached hydrogen (secondary N) is 2. The molecule has 5 nitrogen and oxygen atoms in total. The van der Waals surface area contributed by atoms with Gasteiger partial charge in [0, 0.05) is 25.0 Å². The molecule has 1 fully saturated rings. The monoisotopic (exact) mass is 242 g/mol. The lowest BCUT2D eigenvalue weighted by atomic mass is 9.94. The number of hydrogen-bond donors (Lipinski definition) is 3. The average molecular weight is 242 g/mol. The van der Waals surface area contributed by atoms with Gasteiger partial charge in [0.25, 0.3) is 0 Å². The van der Waals surface area contributed by atoms with E-state index in [0.29, 0.717) is 19.5 Å². The molecule has 1 amide bonds. The normalized spacial score (nSPS) is 24.6. The SMILES string of the molecule is CCC(CC)C(=O)NC1CNCC(C(=O)O)C1. The molecule has 1 rings (SSSR count). The second-order valence-electron chi connectivity index (χ2n) is 4.65. The zero-order chi connectivity index (χ0) is 12.8. The average Bonchev–Trinajstić information content (AvgIpc) is 2.30. The molecule has 1 aliphatic rings. The Kier molecular flexibility index (Phi) is 5.41. The van der Waals surface area contributed by atoms with Crippen LogP contribution in [0.1, 0.15) is 33.1 Å². The van der Waals surface area contributed by atoms with E-state index in [-0.39, 0.29) is 17.9 Å². The van der Waals surface area contributed by atoms with Gasteiger partial charge in [-0.25, -0.2) is 0 Å². The third-order valence-electron chi connectivity index (χ3n) is 3.40. The molecule has 0 aliphatic carbocycles. The summed E-state index contributed by atoms with van der Waals surface area (Å²) in [5, 5.41) is 14.9. The molecule has 0 radical (unpaired) electrons.